The fourth-order valence-corrected chi connectivity index (χ4v) is 3.97. The molecule has 0 radical (unpaired) electrons. The van der Waals surface area contributed by atoms with E-state index in [1.807, 2.05) is 36.1 Å². The first-order chi connectivity index (χ1) is 12.1. The second kappa shape index (κ2) is 7.02. The number of fused-ring (bicyclic) bond motifs is 1. The van der Waals surface area contributed by atoms with Gasteiger partial charge in [0.15, 0.2) is 0 Å². The molecule has 1 aromatic carbocycles. The van der Waals surface area contributed by atoms with Crippen LogP contribution in [0.4, 0.5) is 0 Å². The minimum atomic E-state index is -1.27. The summed E-state index contributed by atoms with van der Waals surface area (Å²) in [5.41, 5.74) is 0.440. The van der Waals surface area contributed by atoms with Gasteiger partial charge in [0.1, 0.15) is 11.8 Å². The van der Waals surface area contributed by atoms with Crippen molar-refractivity contribution in [2.24, 2.45) is 0 Å². The number of ether oxygens (including phenoxy) is 2. The molecule has 4 rings (SSSR count). The lowest BCUT2D eigenvalue weighted by Gasteiger charge is -2.48. The van der Waals surface area contributed by atoms with Crippen molar-refractivity contribution in [1.82, 2.24) is 4.90 Å². The smallest absolute Gasteiger partial charge is 0.359 e. The summed E-state index contributed by atoms with van der Waals surface area (Å²) in [7, 11) is 1.47. The van der Waals surface area contributed by atoms with Gasteiger partial charge in [-0.15, -0.1) is 17.0 Å². The van der Waals surface area contributed by atoms with Crippen LogP contribution >= 0.6 is 17.0 Å². The summed E-state index contributed by atoms with van der Waals surface area (Å²) in [4.78, 5) is 36.8. The van der Waals surface area contributed by atoms with Crippen LogP contribution in [0.1, 0.15) is 24.0 Å². The Bertz CT molecular complexity index is 766. The number of cyclic esters (lactones) is 1. The van der Waals surface area contributed by atoms with Gasteiger partial charge >= 0.3 is 11.9 Å². The van der Waals surface area contributed by atoms with E-state index in [1.54, 1.807) is 0 Å². The molecule has 0 aromatic heterocycles. The van der Waals surface area contributed by atoms with E-state index in [-0.39, 0.29) is 17.0 Å². The number of halogens is 1. The molecule has 0 amide bonds. The van der Waals surface area contributed by atoms with E-state index in [9.17, 15) is 9.59 Å². The van der Waals surface area contributed by atoms with Crippen LogP contribution in [0.5, 0.6) is 0 Å². The first kappa shape index (κ1) is 18.9. The average molecular weight is 426 g/mol. The van der Waals surface area contributed by atoms with Gasteiger partial charge in [0.2, 0.25) is 11.8 Å². The zero-order chi connectivity index (χ0) is 17.6. The van der Waals surface area contributed by atoms with Gasteiger partial charge in [-0.1, -0.05) is 24.3 Å². The molecule has 3 aliphatic heterocycles. The first-order valence-electron chi connectivity index (χ1n) is 8.26. The lowest BCUT2D eigenvalue weighted by atomic mass is 9.89. The summed E-state index contributed by atoms with van der Waals surface area (Å²) in [6.45, 7) is 2.56. The number of hydrogen-bond donors (Lipinski definition) is 0. The van der Waals surface area contributed by atoms with Crippen LogP contribution in [0.25, 0.3) is 0 Å². The van der Waals surface area contributed by atoms with Gasteiger partial charge in [-0.2, -0.15) is 4.89 Å². The molecule has 3 heterocycles. The number of nitrogens with zero attached hydrogens (tertiary/aromatic N) is 1. The summed E-state index contributed by atoms with van der Waals surface area (Å²) >= 11 is 0. The molecule has 140 valence electrons. The SMILES string of the molecule is Br.COC1=CC(=O)OC1C1(c2ccccc2C)OOC(=O)[C@@H]2CCCN21. The molecule has 26 heavy (non-hydrogen) atoms. The molecule has 0 aliphatic carbocycles. The molecule has 2 unspecified atom stereocenters. The van der Waals surface area contributed by atoms with Gasteiger partial charge in [-0.3, -0.25) is 9.79 Å². The maximum atomic E-state index is 12.2. The summed E-state index contributed by atoms with van der Waals surface area (Å²) in [5.74, 6) is -0.586. The van der Waals surface area contributed by atoms with E-state index in [4.69, 9.17) is 19.2 Å². The Kier molecular flexibility index (Phi) is 5.09. The Morgan fingerprint density at radius 2 is 2.04 bits per heavy atom. The third kappa shape index (κ3) is 2.64. The summed E-state index contributed by atoms with van der Waals surface area (Å²) in [5, 5.41) is 0. The zero-order valence-electron chi connectivity index (χ0n) is 14.5. The lowest BCUT2D eigenvalue weighted by molar-refractivity contribution is -0.418. The second-order valence-electron chi connectivity index (χ2n) is 6.42. The first-order valence-corrected chi connectivity index (χ1v) is 8.26. The standard InChI is InChI=1S/C18H19NO6.BrH/c1-11-6-3-4-7-12(11)18(16-14(22-2)10-15(20)23-16)19-9-5-8-13(19)17(21)24-25-18;/h3-4,6-7,10,13,16H,5,8-9H2,1-2H3;1H/t13-,16?,18?;/m0./s1. The van der Waals surface area contributed by atoms with E-state index in [2.05, 4.69) is 0 Å². The maximum Gasteiger partial charge on any atom is 0.359 e. The molecule has 2 saturated heterocycles. The predicted molar refractivity (Wildman–Crippen MR) is 95.1 cm³/mol. The van der Waals surface area contributed by atoms with Crippen LogP contribution in [0.3, 0.4) is 0 Å². The van der Waals surface area contributed by atoms with Crippen molar-refractivity contribution in [2.45, 2.75) is 37.6 Å². The van der Waals surface area contributed by atoms with Crippen molar-refractivity contribution >= 4 is 28.9 Å². The van der Waals surface area contributed by atoms with Gasteiger partial charge in [0, 0.05) is 12.1 Å². The highest BCUT2D eigenvalue weighted by Gasteiger charge is 2.62. The predicted octanol–water partition coefficient (Wildman–Crippen LogP) is 2.13. The molecular formula is C18H20BrNO6. The van der Waals surface area contributed by atoms with Crippen LogP contribution in [0, 0.1) is 6.92 Å². The van der Waals surface area contributed by atoms with Crippen LogP contribution < -0.4 is 0 Å². The monoisotopic (exact) mass is 425 g/mol. The molecule has 0 saturated carbocycles. The number of esters is 1. The molecule has 3 atom stereocenters. The third-order valence-corrected chi connectivity index (χ3v) is 5.08. The van der Waals surface area contributed by atoms with Gasteiger partial charge in [0.25, 0.3) is 0 Å². The van der Waals surface area contributed by atoms with Gasteiger partial charge in [-0.25, -0.2) is 9.59 Å². The molecule has 0 spiro atoms. The minimum Gasteiger partial charge on any atom is -0.497 e. The number of hydrogen-bond acceptors (Lipinski definition) is 7. The van der Waals surface area contributed by atoms with E-state index in [0.29, 0.717) is 18.7 Å². The quantitative estimate of drug-likeness (QED) is 0.542. The van der Waals surface area contributed by atoms with Crippen LogP contribution in [0.2, 0.25) is 0 Å². The van der Waals surface area contributed by atoms with Crippen molar-refractivity contribution in [2.75, 3.05) is 13.7 Å². The highest BCUT2D eigenvalue weighted by atomic mass is 79.9. The topological polar surface area (TPSA) is 74.3 Å². The van der Waals surface area contributed by atoms with Crippen LogP contribution in [-0.2, 0) is 34.6 Å². The lowest BCUT2D eigenvalue weighted by Crippen LogP contribution is -2.63. The van der Waals surface area contributed by atoms with Crippen LogP contribution in [0.15, 0.2) is 36.1 Å². The Labute approximate surface area is 161 Å². The summed E-state index contributed by atoms with van der Waals surface area (Å²) in [6.07, 6.45) is 1.93. The van der Waals surface area contributed by atoms with Gasteiger partial charge in [0.05, 0.1) is 13.2 Å². The van der Waals surface area contributed by atoms with Crippen molar-refractivity contribution in [3.05, 3.63) is 47.2 Å². The maximum absolute atomic E-state index is 12.2. The van der Waals surface area contributed by atoms with Crippen molar-refractivity contribution < 1.29 is 28.8 Å². The van der Waals surface area contributed by atoms with E-state index in [1.165, 1.54) is 13.2 Å². The molecule has 7 nitrogen and oxygen atoms in total. The highest BCUT2D eigenvalue weighted by Crippen LogP contribution is 2.47. The summed E-state index contributed by atoms with van der Waals surface area (Å²) in [6, 6.07) is 7.18. The van der Waals surface area contributed by atoms with E-state index in [0.717, 1.165) is 17.5 Å². The number of carbonyl (C=O) groups excluding carboxylic acids is 2. The molecule has 0 N–H and O–H groups in total. The Balaban J connectivity index is 0.00000196. The molecule has 3 aliphatic rings. The number of rotatable bonds is 3. The molecule has 1 aromatic rings. The van der Waals surface area contributed by atoms with E-state index < -0.39 is 29.8 Å². The number of methoxy groups -OCH3 is 1. The molecule has 0 bridgehead atoms. The number of benzene rings is 1. The minimum absolute atomic E-state index is 0. The molecular weight excluding hydrogens is 406 g/mol. The Morgan fingerprint density at radius 1 is 1.27 bits per heavy atom. The molecule has 2 fully saturated rings. The normalized spacial score (nSPS) is 30.8. The fraction of sp³-hybridized carbons (Fsp3) is 0.444. The summed E-state index contributed by atoms with van der Waals surface area (Å²) < 4.78 is 10.9. The number of aryl methyl sites for hydroxylation is 1. The average Bonchev–Trinajstić information content (AvgIpc) is 3.24. The van der Waals surface area contributed by atoms with Crippen LogP contribution in [-0.4, -0.2) is 42.6 Å². The highest BCUT2D eigenvalue weighted by molar-refractivity contribution is 8.93. The number of carbonyl (C=O) groups is 2. The second-order valence-corrected chi connectivity index (χ2v) is 6.42. The van der Waals surface area contributed by atoms with Crippen molar-refractivity contribution in [1.29, 1.82) is 0 Å². The third-order valence-electron chi connectivity index (χ3n) is 5.08. The van der Waals surface area contributed by atoms with Crippen molar-refractivity contribution in [3.63, 3.8) is 0 Å². The Morgan fingerprint density at radius 3 is 2.77 bits per heavy atom. The van der Waals surface area contributed by atoms with Crippen molar-refractivity contribution in [3.8, 4) is 0 Å². The van der Waals surface area contributed by atoms with E-state index >= 15 is 0 Å². The van der Waals surface area contributed by atoms with Gasteiger partial charge < -0.3 is 9.47 Å². The zero-order valence-corrected chi connectivity index (χ0v) is 16.2. The Hall–Kier alpha value is -1.90. The largest absolute Gasteiger partial charge is 0.497 e. The fourth-order valence-electron chi connectivity index (χ4n) is 3.97. The van der Waals surface area contributed by atoms with Gasteiger partial charge in [-0.05, 0) is 25.3 Å². The molecule has 8 heteroatoms.